The summed E-state index contributed by atoms with van der Waals surface area (Å²) in [6, 6.07) is 10.0. The highest BCUT2D eigenvalue weighted by atomic mass is 79.9. The first kappa shape index (κ1) is 15.0. The normalized spacial score (nSPS) is 12.2. The molecule has 0 heterocycles. The molecule has 20 heavy (non-hydrogen) atoms. The monoisotopic (exact) mass is 338 g/mol. The summed E-state index contributed by atoms with van der Waals surface area (Å²) in [6.07, 6.45) is 0. The Kier molecular flexibility index (Phi) is 4.75. The van der Waals surface area contributed by atoms with Crippen molar-refractivity contribution in [2.75, 3.05) is 7.11 Å². The van der Waals surface area contributed by atoms with E-state index in [-0.39, 0.29) is 5.82 Å². The van der Waals surface area contributed by atoms with Gasteiger partial charge in [-0.3, -0.25) is 5.84 Å². The molecule has 0 spiro atoms. The summed E-state index contributed by atoms with van der Waals surface area (Å²) >= 11 is 3.38. The summed E-state index contributed by atoms with van der Waals surface area (Å²) < 4.78 is 20.3. The van der Waals surface area contributed by atoms with Crippen molar-refractivity contribution in [3.8, 4) is 5.75 Å². The van der Waals surface area contributed by atoms with Gasteiger partial charge in [0.2, 0.25) is 0 Å². The predicted molar refractivity (Wildman–Crippen MR) is 81.0 cm³/mol. The van der Waals surface area contributed by atoms with E-state index in [0.29, 0.717) is 11.3 Å². The van der Waals surface area contributed by atoms with Crippen molar-refractivity contribution < 1.29 is 9.13 Å². The molecule has 2 aromatic carbocycles. The summed E-state index contributed by atoms with van der Waals surface area (Å²) in [5, 5.41) is 0. The van der Waals surface area contributed by atoms with Gasteiger partial charge >= 0.3 is 0 Å². The minimum absolute atomic E-state index is 0.302. The molecule has 106 valence electrons. The van der Waals surface area contributed by atoms with Crippen LogP contribution < -0.4 is 16.0 Å². The number of halogens is 2. The minimum atomic E-state index is -0.474. The second-order valence-corrected chi connectivity index (χ2v) is 5.43. The third-order valence-electron chi connectivity index (χ3n) is 3.14. The zero-order valence-corrected chi connectivity index (χ0v) is 12.9. The highest BCUT2D eigenvalue weighted by molar-refractivity contribution is 9.10. The second kappa shape index (κ2) is 6.35. The molecule has 0 aromatic heterocycles. The molecule has 0 bridgehead atoms. The van der Waals surface area contributed by atoms with Crippen molar-refractivity contribution in [3.63, 3.8) is 0 Å². The largest absolute Gasteiger partial charge is 0.496 e. The van der Waals surface area contributed by atoms with Crippen LogP contribution in [0.3, 0.4) is 0 Å². The Morgan fingerprint density at radius 1 is 1.20 bits per heavy atom. The molecule has 2 aromatic rings. The summed E-state index contributed by atoms with van der Waals surface area (Å²) in [5.74, 6) is 5.97. The lowest BCUT2D eigenvalue weighted by molar-refractivity contribution is 0.403. The third-order valence-corrected chi connectivity index (χ3v) is 3.63. The number of ether oxygens (including phenoxy) is 1. The van der Waals surface area contributed by atoms with Gasteiger partial charge in [-0.1, -0.05) is 39.7 Å². The number of aryl methyl sites for hydroxylation is 1. The van der Waals surface area contributed by atoms with Crippen molar-refractivity contribution in [1.29, 1.82) is 0 Å². The number of nitrogens with one attached hydrogen (secondary N) is 1. The van der Waals surface area contributed by atoms with Gasteiger partial charge in [-0.15, -0.1) is 0 Å². The number of nitrogens with two attached hydrogens (primary N) is 1. The second-order valence-electron chi connectivity index (χ2n) is 4.51. The number of hydrogen-bond donors (Lipinski definition) is 2. The van der Waals surface area contributed by atoms with E-state index < -0.39 is 6.04 Å². The van der Waals surface area contributed by atoms with Gasteiger partial charge in [0, 0.05) is 15.6 Å². The molecule has 2 rings (SSSR count). The maximum absolute atomic E-state index is 14.1. The van der Waals surface area contributed by atoms with Crippen LogP contribution in [-0.2, 0) is 0 Å². The average molecular weight is 339 g/mol. The van der Waals surface area contributed by atoms with Gasteiger partial charge in [0.15, 0.2) is 0 Å². The van der Waals surface area contributed by atoms with E-state index in [1.807, 2.05) is 25.1 Å². The maximum Gasteiger partial charge on any atom is 0.128 e. The van der Waals surface area contributed by atoms with E-state index in [1.165, 1.54) is 6.07 Å². The fourth-order valence-electron chi connectivity index (χ4n) is 2.15. The van der Waals surface area contributed by atoms with E-state index in [4.69, 9.17) is 10.6 Å². The van der Waals surface area contributed by atoms with E-state index in [2.05, 4.69) is 21.4 Å². The topological polar surface area (TPSA) is 47.3 Å². The Morgan fingerprint density at radius 2 is 1.95 bits per heavy atom. The van der Waals surface area contributed by atoms with Crippen molar-refractivity contribution in [2.24, 2.45) is 5.84 Å². The van der Waals surface area contributed by atoms with E-state index in [1.54, 1.807) is 19.2 Å². The molecule has 1 atom stereocenters. The van der Waals surface area contributed by atoms with Crippen LogP contribution in [0.4, 0.5) is 4.39 Å². The molecule has 0 amide bonds. The molecule has 0 saturated heterocycles. The van der Waals surface area contributed by atoms with Crippen molar-refractivity contribution in [2.45, 2.75) is 13.0 Å². The van der Waals surface area contributed by atoms with Gasteiger partial charge in [-0.2, -0.15) is 0 Å². The molecule has 5 heteroatoms. The smallest absolute Gasteiger partial charge is 0.128 e. The molecular formula is C15H16BrFN2O. The van der Waals surface area contributed by atoms with Crippen LogP contribution in [0, 0.1) is 12.7 Å². The summed E-state index contributed by atoms with van der Waals surface area (Å²) in [6.45, 7) is 1.91. The molecule has 3 nitrogen and oxygen atoms in total. The molecule has 0 aliphatic heterocycles. The third kappa shape index (κ3) is 3.00. The lowest BCUT2D eigenvalue weighted by atomic mass is 9.96. The van der Waals surface area contributed by atoms with Gasteiger partial charge in [0.05, 0.1) is 13.2 Å². The lowest BCUT2D eigenvalue weighted by Crippen LogP contribution is -2.30. The van der Waals surface area contributed by atoms with Crippen LogP contribution in [0.1, 0.15) is 22.7 Å². The Labute approximate surface area is 126 Å². The lowest BCUT2D eigenvalue weighted by Gasteiger charge is -2.20. The molecule has 0 aliphatic rings. The van der Waals surface area contributed by atoms with E-state index in [9.17, 15) is 4.39 Å². The molecule has 0 fully saturated rings. The molecule has 1 unspecified atom stereocenters. The Morgan fingerprint density at radius 3 is 2.60 bits per heavy atom. The van der Waals surface area contributed by atoms with Crippen molar-refractivity contribution in [1.82, 2.24) is 5.43 Å². The molecule has 0 saturated carbocycles. The zero-order valence-electron chi connectivity index (χ0n) is 11.3. The number of hydrazine groups is 1. The molecule has 0 radical (unpaired) electrons. The first-order valence-electron chi connectivity index (χ1n) is 6.12. The standard InChI is InChI=1S/C15H16BrFN2O/c1-9-3-6-13(17)12(7-9)15(19-18)11-5-4-10(16)8-14(11)20-2/h3-8,15,19H,18H2,1-2H3. The first-order valence-corrected chi connectivity index (χ1v) is 6.91. The minimum Gasteiger partial charge on any atom is -0.496 e. The van der Waals surface area contributed by atoms with Crippen molar-refractivity contribution in [3.05, 3.63) is 63.4 Å². The summed E-state index contributed by atoms with van der Waals surface area (Å²) in [4.78, 5) is 0. The fraction of sp³-hybridized carbons (Fsp3) is 0.200. The van der Waals surface area contributed by atoms with Crippen LogP contribution in [-0.4, -0.2) is 7.11 Å². The van der Waals surface area contributed by atoms with Gasteiger partial charge in [0.1, 0.15) is 11.6 Å². The zero-order chi connectivity index (χ0) is 14.7. The average Bonchev–Trinajstić information content (AvgIpc) is 2.44. The van der Waals surface area contributed by atoms with Crippen LogP contribution >= 0.6 is 15.9 Å². The summed E-state index contributed by atoms with van der Waals surface area (Å²) in [5.41, 5.74) is 4.91. The van der Waals surface area contributed by atoms with Gasteiger partial charge in [-0.25, -0.2) is 9.82 Å². The highest BCUT2D eigenvalue weighted by Gasteiger charge is 2.20. The van der Waals surface area contributed by atoms with Crippen LogP contribution in [0.15, 0.2) is 40.9 Å². The van der Waals surface area contributed by atoms with Gasteiger partial charge in [0.25, 0.3) is 0 Å². The maximum atomic E-state index is 14.1. The molecule has 0 aliphatic carbocycles. The van der Waals surface area contributed by atoms with Crippen LogP contribution in [0.2, 0.25) is 0 Å². The Hall–Kier alpha value is -1.43. The summed E-state index contributed by atoms with van der Waals surface area (Å²) in [7, 11) is 1.57. The molecular weight excluding hydrogens is 323 g/mol. The quantitative estimate of drug-likeness (QED) is 0.663. The predicted octanol–water partition coefficient (Wildman–Crippen LogP) is 3.46. The van der Waals surface area contributed by atoms with Gasteiger partial charge < -0.3 is 4.74 Å². The Balaban J connectivity index is 2.55. The number of hydrogen-bond acceptors (Lipinski definition) is 3. The van der Waals surface area contributed by atoms with Crippen LogP contribution in [0.25, 0.3) is 0 Å². The van der Waals surface area contributed by atoms with Crippen molar-refractivity contribution >= 4 is 15.9 Å². The number of rotatable bonds is 4. The SMILES string of the molecule is COc1cc(Br)ccc1C(NN)c1cc(C)ccc1F. The first-order chi connectivity index (χ1) is 9.56. The number of benzene rings is 2. The highest BCUT2D eigenvalue weighted by Crippen LogP contribution is 2.33. The van der Waals surface area contributed by atoms with E-state index in [0.717, 1.165) is 15.6 Å². The Bertz CT molecular complexity index is 619. The van der Waals surface area contributed by atoms with Gasteiger partial charge in [-0.05, 0) is 25.1 Å². The number of methoxy groups -OCH3 is 1. The van der Waals surface area contributed by atoms with E-state index >= 15 is 0 Å². The molecule has 3 N–H and O–H groups in total. The van der Waals surface area contributed by atoms with Crippen LogP contribution in [0.5, 0.6) is 5.75 Å². The fourth-order valence-corrected chi connectivity index (χ4v) is 2.50.